The predicted molar refractivity (Wildman–Crippen MR) is 90.8 cm³/mol. The molecule has 0 saturated heterocycles. The highest BCUT2D eigenvalue weighted by atomic mass is 32.1. The van der Waals surface area contributed by atoms with Gasteiger partial charge in [0, 0.05) is 4.88 Å². The van der Waals surface area contributed by atoms with Gasteiger partial charge in [-0.25, -0.2) is 9.18 Å². The molecule has 1 aromatic carbocycles. The molecule has 6 heteroatoms. The first-order chi connectivity index (χ1) is 11.5. The van der Waals surface area contributed by atoms with Crippen molar-refractivity contribution in [1.29, 1.82) is 5.26 Å². The lowest BCUT2D eigenvalue weighted by atomic mass is 10.1. The van der Waals surface area contributed by atoms with Gasteiger partial charge in [0.2, 0.25) is 0 Å². The molecule has 2 rings (SSSR count). The lowest BCUT2D eigenvalue weighted by Gasteiger charge is -2.15. The summed E-state index contributed by atoms with van der Waals surface area (Å²) in [6.45, 7) is 4.02. The SMILES string of the molecule is CCC[C@H](C)Oc1ccc(-c2cc(F)c(C(=O)OC)s2)cc1C#N. The summed E-state index contributed by atoms with van der Waals surface area (Å²) in [6.07, 6.45) is 1.90. The minimum Gasteiger partial charge on any atom is -0.489 e. The summed E-state index contributed by atoms with van der Waals surface area (Å²) in [5.41, 5.74) is 1.03. The number of methoxy groups -OCH3 is 1. The largest absolute Gasteiger partial charge is 0.489 e. The molecule has 0 fully saturated rings. The highest BCUT2D eigenvalue weighted by Crippen LogP contribution is 2.34. The van der Waals surface area contributed by atoms with Gasteiger partial charge >= 0.3 is 5.97 Å². The molecule has 0 aliphatic heterocycles. The fraction of sp³-hybridized carbons (Fsp3) is 0.333. The van der Waals surface area contributed by atoms with Crippen molar-refractivity contribution in [3.63, 3.8) is 0 Å². The van der Waals surface area contributed by atoms with Crippen LogP contribution in [-0.2, 0) is 4.74 Å². The highest BCUT2D eigenvalue weighted by Gasteiger charge is 2.18. The lowest BCUT2D eigenvalue weighted by Crippen LogP contribution is -2.11. The molecule has 0 saturated carbocycles. The highest BCUT2D eigenvalue weighted by molar-refractivity contribution is 7.17. The van der Waals surface area contributed by atoms with Crippen molar-refractivity contribution in [1.82, 2.24) is 0 Å². The smallest absolute Gasteiger partial charge is 0.351 e. The molecule has 0 amide bonds. The molecule has 0 bridgehead atoms. The van der Waals surface area contributed by atoms with Crippen molar-refractivity contribution in [2.75, 3.05) is 7.11 Å². The summed E-state index contributed by atoms with van der Waals surface area (Å²) in [6, 6.07) is 8.47. The molecule has 0 radical (unpaired) electrons. The van der Waals surface area contributed by atoms with Crippen LogP contribution in [0.15, 0.2) is 24.3 Å². The summed E-state index contributed by atoms with van der Waals surface area (Å²) in [4.78, 5) is 12.0. The van der Waals surface area contributed by atoms with Gasteiger partial charge in [-0.15, -0.1) is 11.3 Å². The Morgan fingerprint density at radius 1 is 1.42 bits per heavy atom. The first-order valence-electron chi connectivity index (χ1n) is 7.59. The monoisotopic (exact) mass is 347 g/mol. The van der Waals surface area contributed by atoms with E-state index in [1.165, 1.54) is 13.2 Å². The van der Waals surface area contributed by atoms with Crippen LogP contribution in [0.1, 0.15) is 41.9 Å². The quantitative estimate of drug-likeness (QED) is 0.706. The molecular weight excluding hydrogens is 329 g/mol. The topological polar surface area (TPSA) is 59.3 Å². The van der Waals surface area contributed by atoms with Crippen LogP contribution in [0.3, 0.4) is 0 Å². The van der Waals surface area contributed by atoms with Crippen molar-refractivity contribution in [3.8, 4) is 22.3 Å². The van der Waals surface area contributed by atoms with Crippen LogP contribution in [0.5, 0.6) is 5.75 Å². The molecule has 0 aliphatic rings. The molecule has 0 unspecified atom stereocenters. The van der Waals surface area contributed by atoms with Crippen LogP contribution in [0.25, 0.3) is 10.4 Å². The zero-order chi connectivity index (χ0) is 17.7. The van der Waals surface area contributed by atoms with Gasteiger partial charge in [0.1, 0.15) is 22.5 Å². The van der Waals surface area contributed by atoms with Gasteiger partial charge in [0.15, 0.2) is 0 Å². The Morgan fingerprint density at radius 2 is 2.17 bits per heavy atom. The first-order valence-corrected chi connectivity index (χ1v) is 8.40. The van der Waals surface area contributed by atoms with E-state index in [9.17, 15) is 14.4 Å². The number of rotatable bonds is 6. The van der Waals surface area contributed by atoms with Gasteiger partial charge in [-0.3, -0.25) is 0 Å². The van der Waals surface area contributed by atoms with E-state index in [2.05, 4.69) is 17.7 Å². The first kappa shape index (κ1) is 18.0. The number of nitriles is 1. The number of ether oxygens (including phenoxy) is 2. The summed E-state index contributed by atoms with van der Waals surface area (Å²) in [7, 11) is 1.21. The molecule has 0 aliphatic carbocycles. The van der Waals surface area contributed by atoms with E-state index in [-0.39, 0.29) is 11.0 Å². The van der Waals surface area contributed by atoms with Crippen molar-refractivity contribution in [3.05, 3.63) is 40.5 Å². The average molecular weight is 347 g/mol. The van der Waals surface area contributed by atoms with Crippen molar-refractivity contribution < 1.29 is 18.7 Å². The van der Waals surface area contributed by atoms with E-state index in [1.807, 2.05) is 6.92 Å². The Labute approximate surface area is 144 Å². The Bertz CT molecular complexity index is 779. The van der Waals surface area contributed by atoms with Crippen LogP contribution in [0.4, 0.5) is 4.39 Å². The van der Waals surface area contributed by atoms with Crippen LogP contribution < -0.4 is 4.74 Å². The zero-order valence-electron chi connectivity index (χ0n) is 13.8. The summed E-state index contributed by atoms with van der Waals surface area (Å²) < 4.78 is 24.2. The van der Waals surface area contributed by atoms with E-state index in [1.54, 1.807) is 18.2 Å². The molecule has 0 spiro atoms. The fourth-order valence-corrected chi connectivity index (χ4v) is 3.25. The van der Waals surface area contributed by atoms with Crippen LogP contribution in [0, 0.1) is 17.1 Å². The van der Waals surface area contributed by atoms with Crippen molar-refractivity contribution >= 4 is 17.3 Å². The maximum absolute atomic E-state index is 13.9. The predicted octanol–water partition coefficient (Wildman–Crippen LogP) is 4.78. The number of nitrogens with zero attached hydrogens (tertiary/aromatic N) is 1. The number of esters is 1. The minimum absolute atomic E-state index is 0.0121. The Hall–Kier alpha value is -2.39. The Kier molecular flexibility index (Phi) is 5.93. The number of benzene rings is 1. The lowest BCUT2D eigenvalue weighted by molar-refractivity contribution is 0.0601. The molecule has 126 valence electrons. The van der Waals surface area contributed by atoms with Gasteiger partial charge in [-0.05, 0) is 43.2 Å². The maximum Gasteiger partial charge on any atom is 0.351 e. The average Bonchev–Trinajstić information content (AvgIpc) is 2.96. The fourth-order valence-electron chi connectivity index (χ4n) is 2.30. The summed E-state index contributed by atoms with van der Waals surface area (Å²) in [5, 5.41) is 9.34. The normalized spacial score (nSPS) is 11.6. The molecule has 1 atom stereocenters. The van der Waals surface area contributed by atoms with E-state index in [4.69, 9.17) is 4.74 Å². The summed E-state index contributed by atoms with van der Waals surface area (Å²) >= 11 is 0.993. The van der Waals surface area contributed by atoms with E-state index >= 15 is 0 Å². The minimum atomic E-state index is -0.711. The Balaban J connectivity index is 2.33. The third kappa shape index (κ3) is 3.92. The van der Waals surface area contributed by atoms with E-state index < -0.39 is 11.8 Å². The van der Waals surface area contributed by atoms with Crippen molar-refractivity contribution in [2.24, 2.45) is 0 Å². The number of hydrogen-bond donors (Lipinski definition) is 0. The molecule has 4 nitrogen and oxygen atoms in total. The molecule has 1 aromatic heterocycles. The standard InChI is InChI=1S/C18H18FNO3S/c1-4-5-11(2)23-15-7-6-12(8-13(15)10-20)16-9-14(19)17(24-16)18(21)22-3/h6-9,11H,4-5H2,1-3H3/t11-/m0/s1. The summed E-state index contributed by atoms with van der Waals surface area (Å²) in [5.74, 6) is -0.831. The number of halogens is 1. The molecule has 1 heterocycles. The zero-order valence-corrected chi connectivity index (χ0v) is 14.6. The van der Waals surface area contributed by atoms with Crippen LogP contribution in [-0.4, -0.2) is 19.2 Å². The van der Waals surface area contributed by atoms with Gasteiger partial charge in [-0.2, -0.15) is 5.26 Å². The number of thiophene rings is 1. The van der Waals surface area contributed by atoms with Crippen LogP contribution >= 0.6 is 11.3 Å². The van der Waals surface area contributed by atoms with Crippen LogP contribution in [0.2, 0.25) is 0 Å². The number of hydrogen-bond acceptors (Lipinski definition) is 5. The molecule has 2 aromatic rings. The number of carbonyl (C=O) groups excluding carboxylic acids is 1. The second-order valence-corrected chi connectivity index (χ2v) is 6.37. The van der Waals surface area contributed by atoms with Gasteiger partial charge in [0.25, 0.3) is 0 Å². The third-order valence-electron chi connectivity index (χ3n) is 3.47. The molecule has 0 N–H and O–H groups in total. The van der Waals surface area contributed by atoms with E-state index in [0.717, 1.165) is 24.2 Å². The van der Waals surface area contributed by atoms with Gasteiger partial charge in [0.05, 0.1) is 18.8 Å². The van der Waals surface area contributed by atoms with Crippen molar-refractivity contribution in [2.45, 2.75) is 32.8 Å². The van der Waals surface area contributed by atoms with Gasteiger partial charge in [-0.1, -0.05) is 13.3 Å². The molecule has 24 heavy (non-hydrogen) atoms. The second kappa shape index (κ2) is 7.93. The Morgan fingerprint density at radius 3 is 2.79 bits per heavy atom. The second-order valence-electron chi connectivity index (χ2n) is 5.32. The molecular formula is C18H18FNO3S. The van der Waals surface area contributed by atoms with Gasteiger partial charge < -0.3 is 9.47 Å². The number of carbonyl (C=O) groups is 1. The maximum atomic E-state index is 13.9. The van der Waals surface area contributed by atoms with E-state index in [0.29, 0.717) is 21.8 Å². The third-order valence-corrected chi connectivity index (χ3v) is 4.60.